The summed E-state index contributed by atoms with van der Waals surface area (Å²) in [5.41, 5.74) is -0.514. The molecule has 0 unspecified atom stereocenters. The lowest BCUT2D eigenvalue weighted by atomic mass is 10.1. The lowest BCUT2D eigenvalue weighted by Crippen LogP contribution is -2.25. The Morgan fingerprint density at radius 1 is 1.28 bits per heavy atom. The standard InChI is InChI=1S/C12H21F3O2S/c1-9(7-10(16)17-11(2,3)4)8-18-6-5-12(13,14)15/h9H,5-8H2,1-4H3/t9-/m0/s1. The number of alkyl halides is 3. The molecule has 2 nitrogen and oxygen atoms in total. The molecule has 0 aromatic rings. The highest BCUT2D eigenvalue weighted by molar-refractivity contribution is 7.99. The molecule has 0 radical (unpaired) electrons. The number of carbonyl (C=O) groups is 1. The minimum Gasteiger partial charge on any atom is -0.460 e. The second-order valence-electron chi connectivity index (χ2n) is 5.34. The number of hydrogen-bond donors (Lipinski definition) is 0. The van der Waals surface area contributed by atoms with E-state index < -0.39 is 18.2 Å². The Hall–Kier alpha value is -0.390. The first-order valence-corrected chi connectivity index (χ1v) is 7.01. The summed E-state index contributed by atoms with van der Waals surface area (Å²) < 4.78 is 40.8. The maximum atomic E-state index is 11.9. The summed E-state index contributed by atoms with van der Waals surface area (Å²) in [4.78, 5) is 11.4. The highest BCUT2D eigenvalue weighted by atomic mass is 32.2. The summed E-state index contributed by atoms with van der Waals surface area (Å²) in [6, 6.07) is 0. The molecule has 0 aromatic heterocycles. The molecule has 0 aromatic carbocycles. The number of carbonyl (C=O) groups excluding carboxylic acids is 1. The Morgan fingerprint density at radius 3 is 2.28 bits per heavy atom. The molecule has 0 saturated carbocycles. The Bertz CT molecular complexity index is 259. The second-order valence-corrected chi connectivity index (χ2v) is 6.49. The van der Waals surface area contributed by atoms with Gasteiger partial charge >= 0.3 is 12.1 Å². The van der Waals surface area contributed by atoms with Crippen molar-refractivity contribution in [3.8, 4) is 0 Å². The van der Waals surface area contributed by atoms with E-state index in [-0.39, 0.29) is 24.1 Å². The van der Waals surface area contributed by atoms with Gasteiger partial charge in [-0.15, -0.1) is 0 Å². The highest BCUT2D eigenvalue weighted by Gasteiger charge is 2.26. The first-order valence-electron chi connectivity index (χ1n) is 5.86. The number of thioether (sulfide) groups is 1. The smallest absolute Gasteiger partial charge is 0.389 e. The van der Waals surface area contributed by atoms with Crippen molar-refractivity contribution in [2.45, 2.75) is 52.3 Å². The zero-order valence-corrected chi connectivity index (χ0v) is 12.1. The predicted molar refractivity (Wildman–Crippen MR) is 67.6 cm³/mol. The largest absolute Gasteiger partial charge is 0.460 e. The molecule has 0 amide bonds. The average Bonchev–Trinajstić information content (AvgIpc) is 2.07. The third-order valence-corrected chi connectivity index (χ3v) is 3.16. The predicted octanol–water partition coefficient (Wildman–Crippen LogP) is 4.04. The van der Waals surface area contributed by atoms with Crippen molar-refractivity contribution in [3.05, 3.63) is 0 Å². The summed E-state index contributed by atoms with van der Waals surface area (Å²) in [7, 11) is 0. The van der Waals surface area contributed by atoms with Gasteiger partial charge in [0.25, 0.3) is 0 Å². The fourth-order valence-electron chi connectivity index (χ4n) is 1.20. The minimum absolute atomic E-state index is 0.0260. The molecule has 6 heteroatoms. The Balaban J connectivity index is 3.72. The molecular weight excluding hydrogens is 265 g/mol. The van der Waals surface area contributed by atoms with Crippen LogP contribution in [0.2, 0.25) is 0 Å². The third-order valence-electron chi connectivity index (χ3n) is 1.87. The van der Waals surface area contributed by atoms with Gasteiger partial charge in [-0.2, -0.15) is 24.9 Å². The molecule has 108 valence electrons. The van der Waals surface area contributed by atoms with Gasteiger partial charge < -0.3 is 4.74 Å². The Labute approximate surface area is 111 Å². The quantitative estimate of drug-likeness (QED) is 0.544. The third kappa shape index (κ3) is 12.1. The number of ether oxygens (including phenoxy) is 1. The molecule has 0 spiro atoms. The van der Waals surface area contributed by atoms with Crippen LogP contribution in [0.4, 0.5) is 13.2 Å². The molecule has 0 rings (SSSR count). The normalized spacial score (nSPS) is 14.4. The first kappa shape index (κ1) is 17.6. The fourth-order valence-corrected chi connectivity index (χ4v) is 2.26. The fraction of sp³-hybridized carbons (Fsp3) is 0.917. The van der Waals surface area contributed by atoms with Crippen LogP contribution in [0.5, 0.6) is 0 Å². The lowest BCUT2D eigenvalue weighted by Gasteiger charge is -2.20. The van der Waals surface area contributed by atoms with Crippen LogP contribution in [0.3, 0.4) is 0 Å². The van der Waals surface area contributed by atoms with E-state index in [0.29, 0.717) is 5.75 Å². The number of rotatable bonds is 6. The zero-order chi connectivity index (χ0) is 14.4. The molecule has 1 atom stereocenters. The number of halogens is 3. The minimum atomic E-state index is -4.10. The number of esters is 1. The van der Waals surface area contributed by atoms with Crippen molar-refractivity contribution in [2.24, 2.45) is 5.92 Å². The van der Waals surface area contributed by atoms with Gasteiger partial charge in [0, 0.05) is 12.2 Å². The van der Waals surface area contributed by atoms with Crippen LogP contribution in [-0.2, 0) is 9.53 Å². The van der Waals surface area contributed by atoms with E-state index in [1.165, 1.54) is 11.8 Å². The average molecular weight is 286 g/mol. The molecule has 0 aliphatic rings. The van der Waals surface area contributed by atoms with E-state index in [1.54, 1.807) is 20.8 Å². The Kier molecular flexibility index (Phi) is 7.10. The maximum Gasteiger partial charge on any atom is 0.389 e. The van der Waals surface area contributed by atoms with Gasteiger partial charge in [0.15, 0.2) is 0 Å². The molecule has 0 bridgehead atoms. The molecule has 0 aliphatic heterocycles. The van der Waals surface area contributed by atoms with Crippen LogP contribution >= 0.6 is 11.8 Å². The van der Waals surface area contributed by atoms with Gasteiger partial charge in [0.05, 0.1) is 6.42 Å². The summed E-state index contributed by atoms with van der Waals surface area (Å²) in [6.45, 7) is 7.19. The molecule has 0 fully saturated rings. The van der Waals surface area contributed by atoms with E-state index in [2.05, 4.69) is 0 Å². The van der Waals surface area contributed by atoms with Gasteiger partial charge in [-0.3, -0.25) is 4.79 Å². The summed E-state index contributed by atoms with van der Waals surface area (Å²) in [5.74, 6) is 0.307. The van der Waals surface area contributed by atoms with E-state index in [1.807, 2.05) is 6.92 Å². The van der Waals surface area contributed by atoms with Crippen molar-refractivity contribution < 1.29 is 22.7 Å². The molecule has 0 aliphatic carbocycles. The molecule has 0 heterocycles. The van der Waals surface area contributed by atoms with E-state index in [9.17, 15) is 18.0 Å². The van der Waals surface area contributed by atoms with Gasteiger partial charge in [-0.1, -0.05) is 6.92 Å². The van der Waals surface area contributed by atoms with E-state index >= 15 is 0 Å². The van der Waals surface area contributed by atoms with Crippen molar-refractivity contribution in [1.82, 2.24) is 0 Å². The van der Waals surface area contributed by atoms with Crippen molar-refractivity contribution >= 4 is 17.7 Å². The van der Waals surface area contributed by atoms with Crippen molar-refractivity contribution in [2.75, 3.05) is 11.5 Å². The first-order chi connectivity index (χ1) is 7.99. The maximum absolute atomic E-state index is 11.9. The van der Waals surface area contributed by atoms with Gasteiger partial charge in [0.2, 0.25) is 0 Å². The Morgan fingerprint density at radius 2 is 1.83 bits per heavy atom. The highest BCUT2D eigenvalue weighted by Crippen LogP contribution is 2.23. The van der Waals surface area contributed by atoms with Crippen molar-refractivity contribution in [3.63, 3.8) is 0 Å². The van der Waals surface area contributed by atoms with Crippen LogP contribution in [-0.4, -0.2) is 29.3 Å². The van der Waals surface area contributed by atoms with Gasteiger partial charge in [0.1, 0.15) is 5.60 Å². The SMILES string of the molecule is C[C@H](CSCCC(F)(F)F)CC(=O)OC(C)(C)C. The van der Waals surface area contributed by atoms with Crippen LogP contribution < -0.4 is 0 Å². The summed E-state index contributed by atoms with van der Waals surface area (Å²) in [6.07, 6.45) is -4.63. The van der Waals surface area contributed by atoms with E-state index in [4.69, 9.17) is 4.74 Å². The molecule has 0 saturated heterocycles. The van der Waals surface area contributed by atoms with E-state index in [0.717, 1.165) is 0 Å². The van der Waals surface area contributed by atoms with Crippen molar-refractivity contribution in [1.29, 1.82) is 0 Å². The van der Waals surface area contributed by atoms with Crippen LogP contribution in [0.15, 0.2) is 0 Å². The van der Waals surface area contributed by atoms with Crippen LogP contribution in [0, 0.1) is 5.92 Å². The topological polar surface area (TPSA) is 26.3 Å². The monoisotopic (exact) mass is 286 g/mol. The summed E-state index contributed by atoms with van der Waals surface area (Å²) >= 11 is 1.22. The zero-order valence-electron chi connectivity index (χ0n) is 11.3. The molecular formula is C12H21F3O2S. The molecule has 0 N–H and O–H groups in total. The summed E-state index contributed by atoms with van der Waals surface area (Å²) in [5, 5.41) is 0. The molecule has 18 heavy (non-hydrogen) atoms. The lowest BCUT2D eigenvalue weighted by molar-refractivity contribution is -0.155. The second kappa shape index (κ2) is 7.26. The van der Waals surface area contributed by atoms with Gasteiger partial charge in [-0.25, -0.2) is 0 Å². The van der Waals surface area contributed by atoms with Crippen LogP contribution in [0.1, 0.15) is 40.5 Å². The number of hydrogen-bond acceptors (Lipinski definition) is 3. The van der Waals surface area contributed by atoms with Gasteiger partial charge in [-0.05, 0) is 32.4 Å². The van der Waals surface area contributed by atoms with Crippen LogP contribution in [0.25, 0.3) is 0 Å².